The average molecular weight is 414 g/mol. The molecule has 0 aliphatic heterocycles. The van der Waals surface area contributed by atoms with Crippen molar-refractivity contribution in [1.29, 1.82) is 0 Å². The molecule has 3 rings (SSSR count). The molecule has 0 atom stereocenters. The molecular formula is C24H28F2N2O2. The van der Waals surface area contributed by atoms with E-state index in [9.17, 15) is 18.4 Å². The summed E-state index contributed by atoms with van der Waals surface area (Å²) in [5.74, 6) is -0.952. The number of halogens is 2. The van der Waals surface area contributed by atoms with E-state index in [0.29, 0.717) is 36.8 Å². The lowest BCUT2D eigenvalue weighted by atomic mass is 9.80. The van der Waals surface area contributed by atoms with Crippen LogP contribution < -0.4 is 0 Å². The molecule has 0 saturated heterocycles. The van der Waals surface area contributed by atoms with Crippen LogP contribution in [0.1, 0.15) is 36.8 Å². The highest BCUT2D eigenvalue weighted by Crippen LogP contribution is 2.31. The maximum atomic E-state index is 13.8. The molecule has 0 unspecified atom stereocenters. The van der Waals surface area contributed by atoms with Crippen molar-refractivity contribution in [3.63, 3.8) is 0 Å². The number of amides is 2. The smallest absolute Gasteiger partial charge is 0.225 e. The highest BCUT2D eigenvalue weighted by molar-refractivity contribution is 5.81. The lowest BCUT2D eigenvalue weighted by Gasteiger charge is -2.32. The van der Waals surface area contributed by atoms with Gasteiger partial charge in [0.15, 0.2) is 0 Å². The van der Waals surface area contributed by atoms with Crippen LogP contribution in [0.25, 0.3) is 0 Å². The predicted octanol–water partition coefficient (Wildman–Crippen LogP) is 4.39. The van der Waals surface area contributed by atoms with Crippen molar-refractivity contribution in [2.45, 2.75) is 38.8 Å². The molecule has 30 heavy (non-hydrogen) atoms. The van der Waals surface area contributed by atoms with Crippen LogP contribution in [0.15, 0.2) is 48.5 Å². The van der Waals surface area contributed by atoms with Gasteiger partial charge in [-0.1, -0.05) is 36.4 Å². The summed E-state index contributed by atoms with van der Waals surface area (Å²) >= 11 is 0. The fraction of sp³-hybridized carbons (Fsp3) is 0.417. The van der Waals surface area contributed by atoms with Gasteiger partial charge in [0.05, 0.1) is 0 Å². The third kappa shape index (κ3) is 5.23. The van der Waals surface area contributed by atoms with Crippen LogP contribution in [0.4, 0.5) is 8.78 Å². The Morgan fingerprint density at radius 2 is 1.07 bits per heavy atom. The molecule has 1 aliphatic rings. The highest BCUT2D eigenvalue weighted by Gasteiger charge is 2.32. The summed E-state index contributed by atoms with van der Waals surface area (Å²) in [5, 5.41) is 0. The Bertz CT molecular complexity index is 821. The number of carbonyl (C=O) groups is 2. The van der Waals surface area contributed by atoms with Crippen LogP contribution in [0.2, 0.25) is 0 Å². The Labute approximate surface area is 176 Å². The minimum absolute atomic E-state index is 0.0103. The van der Waals surface area contributed by atoms with Crippen LogP contribution in [0.3, 0.4) is 0 Å². The van der Waals surface area contributed by atoms with E-state index >= 15 is 0 Å². The number of hydrogen-bond donors (Lipinski definition) is 0. The summed E-state index contributed by atoms with van der Waals surface area (Å²) in [4.78, 5) is 28.7. The van der Waals surface area contributed by atoms with Crippen molar-refractivity contribution in [2.24, 2.45) is 11.8 Å². The van der Waals surface area contributed by atoms with Crippen molar-refractivity contribution in [3.05, 3.63) is 71.3 Å². The summed E-state index contributed by atoms with van der Waals surface area (Å²) in [7, 11) is 3.38. The first-order valence-corrected chi connectivity index (χ1v) is 10.3. The third-order valence-electron chi connectivity index (χ3n) is 5.91. The van der Waals surface area contributed by atoms with Gasteiger partial charge in [-0.25, -0.2) is 8.78 Å². The van der Waals surface area contributed by atoms with E-state index in [0.717, 1.165) is 0 Å². The van der Waals surface area contributed by atoms with Gasteiger partial charge in [-0.05, 0) is 37.8 Å². The fourth-order valence-electron chi connectivity index (χ4n) is 4.13. The van der Waals surface area contributed by atoms with Crippen molar-refractivity contribution in [1.82, 2.24) is 9.80 Å². The standard InChI is InChI=1S/C24H28F2N2O2/c1-27(15-19-7-3-5-9-21(19)25)23(29)17-11-13-18(14-12-17)24(30)28(2)16-20-8-4-6-10-22(20)26/h3-10,17-18H,11-16H2,1-2H3. The number of rotatable bonds is 6. The highest BCUT2D eigenvalue weighted by atomic mass is 19.1. The molecule has 6 heteroatoms. The van der Waals surface area contributed by atoms with Gasteiger partial charge < -0.3 is 9.80 Å². The van der Waals surface area contributed by atoms with Crippen LogP contribution >= 0.6 is 0 Å². The second kappa shape index (κ2) is 9.83. The number of nitrogens with zero attached hydrogens (tertiary/aromatic N) is 2. The molecule has 2 aromatic carbocycles. The van der Waals surface area contributed by atoms with Crippen LogP contribution in [-0.4, -0.2) is 35.7 Å². The minimum Gasteiger partial charge on any atom is -0.341 e. The molecule has 0 bridgehead atoms. The Morgan fingerprint density at radius 1 is 0.733 bits per heavy atom. The summed E-state index contributed by atoms with van der Waals surface area (Å²) < 4.78 is 27.7. The Morgan fingerprint density at radius 3 is 1.40 bits per heavy atom. The normalized spacial score (nSPS) is 18.7. The maximum Gasteiger partial charge on any atom is 0.225 e. The molecule has 1 aliphatic carbocycles. The molecule has 0 aromatic heterocycles. The van der Waals surface area contributed by atoms with Gasteiger partial charge in [0.25, 0.3) is 0 Å². The first-order valence-electron chi connectivity index (χ1n) is 10.3. The molecule has 2 amide bonds. The van der Waals surface area contributed by atoms with Gasteiger partial charge in [-0.3, -0.25) is 9.59 Å². The first kappa shape index (κ1) is 21.9. The van der Waals surface area contributed by atoms with E-state index in [-0.39, 0.29) is 48.4 Å². The molecule has 0 spiro atoms. The monoisotopic (exact) mass is 414 g/mol. The molecule has 0 N–H and O–H groups in total. The fourth-order valence-corrected chi connectivity index (χ4v) is 4.13. The van der Waals surface area contributed by atoms with Gasteiger partial charge in [0.1, 0.15) is 11.6 Å². The van der Waals surface area contributed by atoms with Crippen molar-refractivity contribution in [2.75, 3.05) is 14.1 Å². The maximum absolute atomic E-state index is 13.8. The third-order valence-corrected chi connectivity index (χ3v) is 5.91. The van der Waals surface area contributed by atoms with Crippen LogP contribution in [0.5, 0.6) is 0 Å². The minimum atomic E-state index is -0.315. The zero-order chi connectivity index (χ0) is 21.7. The summed E-state index contributed by atoms with van der Waals surface area (Å²) in [6.07, 6.45) is 2.52. The van der Waals surface area contributed by atoms with E-state index < -0.39 is 0 Å². The number of benzene rings is 2. The summed E-state index contributed by atoms with van der Waals surface area (Å²) in [6, 6.07) is 12.9. The van der Waals surface area contributed by atoms with Gasteiger partial charge in [-0.2, -0.15) is 0 Å². The SMILES string of the molecule is CN(Cc1ccccc1F)C(=O)C1CCC(C(=O)N(C)Cc2ccccc2F)CC1. The molecule has 1 saturated carbocycles. The molecule has 2 aromatic rings. The Kier molecular flexibility index (Phi) is 7.19. The molecule has 0 heterocycles. The van der Waals surface area contributed by atoms with E-state index in [2.05, 4.69) is 0 Å². The van der Waals surface area contributed by atoms with Gasteiger partial charge in [-0.15, -0.1) is 0 Å². The predicted molar refractivity (Wildman–Crippen MR) is 111 cm³/mol. The summed E-state index contributed by atoms with van der Waals surface area (Å²) in [5.41, 5.74) is 0.985. The zero-order valence-corrected chi connectivity index (χ0v) is 17.5. The van der Waals surface area contributed by atoms with E-state index in [4.69, 9.17) is 0 Å². The average Bonchev–Trinajstić information content (AvgIpc) is 2.76. The van der Waals surface area contributed by atoms with Gasteiger partial charge in [0.2, 0.25) is 11.8 Å². The van der Waals surface area contributed by atoms with E-state index in [1.807, 2.05) is 0 Å². The quantitative estimate of drug-likeness (QED) is 0.704. The second-order valence-corrected chi connectivity index (χ2v) is 8.12. The number of hydrogen-bond acceptors (Lipinski definition) is 2. The Hall–Kier alpha value is -2.76. The first-order chi connectivity index (χ1) is 14.4. The zero-order valence-electron chi connectivity index (χ0n) is 17.5. The largest absolute Gasteiger partial charge is 0.341 e. The van der Waals surface area contributed by atoms with E-state index in [1.54, 1.807) is 60.3 Å². The molecule has 4 nitrogen and oxygen atoms in total. The van der Waals surface area contributed by atoms with Crippen molar-refractivity contribution >= 4 is 11.8 Å². The topological polar surface area (TPSA) is 40.6 Å². The number of carbonyl (C=O) groups excluding carboxylic acids is 2. The summed E-state index contributed by atoms with van der Waals surface area (Å²) in [6.45, 7) is 0.464. The second-order valence-electron chi connectivity index (χ2n) is 8.12. The Balaban J connectivity index is 1.51. The van der Waals surface area contributed by atoms with Gasteiger partial charge >= 0.3 is 0 Å². The van der Waals surface area contributed by atoms with Crippen molar-refractivity contribution in [3.8, 4) is 0 Å². The molecule has 0 radical (unpaired) electrons. The molecule has 160 valence electrons. The molecule has 1 fully saturated rings. The van der Waals surface area contributed by atoms with Crippen LogP contribution in [0, 0.1) is 23.5 Å². The van der Waals surface area contributed by atoms with Gasteiger partial charge in [0, 0.05) is 50.1 Å². The van der Waals surface area contributed by atoms with Crippen LogP contribution in [-0.2, 0) is 22.7 Å². The molecular weight excluding hydrogens is 386 g/mol. The van der Waals surface area contributed by atoms with Crippen molar-refractivity contribution < 1.29 is 18.4 Å². The lowest BCUT2D eigenvalue weighted by molar-refractivity contribution is -0.140. The van der Waals surface area contributed by atoms with E-state index in [1.165, 1.54) is 12.1 Å². The lowest BCUT2D eigenvalue weighted by Crippen LogP contribution is -2.38.